The third-order valence-electron chi connectivity index (χ3n) is 2.01. The van der Waals surface area contributed by atoms with Crippen LogP contribution in [0.15, 0.2) is 36.4 Å². The molecule has 63 valence electrons. The van der Waals surface area contributed by atoms with Crippen LogP contribution >= 0.6 is 0 Å². The van der Waals surface area contributed by atoms with Crippen LogP contribution < -0.4 is 0 Å². The third kappa shape index (κ3) is 1.16. The van der Waals surface area contributed by atoms with E-state index in [1.54, 1.807) is 18.2 Å². The Balaban J connectivity index is 2.92. The van der Waals surface area contributed by atoms with Crippen molar-refractivity contribution in [3.63, 3.8) is 0 Å². The van der Waals surface area contributed by atoms with Crippen LogP contribution in [0, 0.1) is 0 Å². The van der Waals surface area contributed by atoms with Gasteiger partial charge in [-0.15, -0.1) is 0 Å². The number of hydrogen-bond donors (Lipinski definition) is 1. The van der Waals surface area contributed by atoms with Gasteiger partial charge in [0.1, 0.15) is 5.75 Å². The highest BCUT2D eigenvalue weighted by Gasteiger charge is 2.03. The molecule has 2 aromatic rings. The predicted octanol–water partition coefficient (Wildman–Crippen LogP) is 2.00. The Morgan fingerprint density at radius 2 is 1.69 bits per heavy atom. The molecule has 2 rings (SSSR count). The smallest absolute Gasteiger partial charge is 0.234 e. The van der Waals surface area contributed by atoms with Crippen LogP contribution in [0.5, 0.6) is 5.75 Å². The van der Waals surface area contributed by atoms with E-state index in [-0.39, 0.29) is 5.75 Å². The first-order valence-electron chi connectivity index (χ1n) is 3.92. The van der Waals surface area contributed by atoms with Gasteiger partial charge in [-0.05, 0) is 17.5 Å². The SMILES string of the molecule is O=[C]c1ccc(O)c2ccccc12. The molecule has 0 saturated heterocycles. The fraction of sp³-hybridized carbons (Fsp3) is 0. The summed E-state index contributed by atoms with van der Waals surface area (Å²) in [5.41, 5.74) is 0.480. The topological polar surface area (TPSA) is 37.3 Å². The molecule has 0 atom stereocenters. The Kier molecular flexibility index (Phi) is 1.74. The van der Waals surface area contributed by atoms with Gasteiger partial charge in [0.2, 0.25) is 6.29 Å². The molecular formula is C11H7O2. The van der Waals surface area contributed by atoms with Crippen molar-refractivity contribution in [3.8, 4) is 5.75 Å². The molecule has 0 fully saturated rings. The minimum Gasteiger partial charge on any atom is -0.507 e. The van der Waals surface area contributed by atoms with Gasteiger partial charge in [0.25, 0.3) is 0 Å². The van der Waals surface area contributed by atoms with Gasteiger partial charge >= 0.3 is 0 Å². The van der Waals surface area contributed by atoms with Gasteiger partial charge in [-0.25, -0.2) is 0 Å². The highest BCUT2D eigenvalue weighted by atomic mass is 16.3. The Labute approximate surface area is 75.4 Å². The highest BCUT2D eigenvalue weighted by molar-refractivity contribution is 6.00. The van der Waals surface area contributed by atoms with E-state index in [1.165, 1.54) is 6.07 Å². The molecule has 0 bridgehead atoms. The maximum absolute atomic E-state index is 10.5. The average Bonchev–Trinajstić information content (AvgIpc) is 2.19. The second kappa shape index (κ2) is 2.90. The minimum absolute atomic E-state index is 0.189. The van der Waals surface area contributed by atoms with Gasteiger partial charge in [-0.1, -0.05) is 24.3 Å². The van der Waals surface area contributed by atoms with E-state index < -0.39 is 0 Å². The van der Waals surface area contributed by atoms with Gasteiger partial charge < -0.3 is 5.11 Å². The summed E-state index contributed by atoms with van der Waals surface area (Å²) in [7, 11) is 0. The molecule has 13 heavy (non-hydrogen) atoms. The van der Waals surface area contributed by atoms with Crippen LogP contribution in [0.25, 0.3) is 10.8 Å². The summed E-state index contributed by atoms with van der Waals surface area (Å²) in [5.74, 6) is 0.189. The van der Waals surface area contributed by atoms with E-state index >= 15 is 0 Å². The van der Waals surface area contributed by atoms with E-state index in [1.807, 2.05) is 18.4 Å². The van der Waals surface area contributed by atoms with E-state index in [2.05, 4.69) is 0 Å². The lowest BCUT2D eigenvalue weighted by molar-refractivity contribution is 0.481. The van der Waals surface area contributed by atoms with Crippen LogP contribution in [0.1, 0.15) is 5.56 Å². The third-order valence-corrected chi connectivity index (χ3v) is 2.01. The molecular weight excluding hydrogens is 164 g/mol. The molecule has 1 N–H and O–H groups in total. The molecule has 0 spiro atoms. The lowest BCUT2D eigenvalue weighted by Gasteiger charge is -2.01. The van der Waals surface area contributed by atoms with E-state index in [0.29, 0.717) is 10.9 Å². The van der Waals surface area contributed by atoms with Crippen LogP contribution in [-0.2, 0) is 4.79 Å². The Hall–Kier alpha value is -1.83. The number of rotatable bonds is 1. The van der Waals surface area contributed by atoms with Gasteiger partial charge in [-0.2, -0.15) is 0 Å². The molecule has 2 nitrogen and oxygen atoms in total. The number of phenols is 1. The zero-order chi connectivity index (χ0) is 9.26. The maximum atomic E-state index is 10.5. The van der Waals surface area contributed by atoms with Crippen molar-refractivity contribution in [1.82, 2.24) is 0 Å². The quantitative estimate of drug-likeness (QED) is 0.712. The lowest BCUT2D eigenvalue weighted by Crippen LogP contribution is -1.83. The second-order valence-corrected chi connectivity index (χ2v) is 2.78. The van der Waals surface area contributed by atoms with E-state index in [9.17, 15) is 9.90 Å². The Bertz CT molecular complexity index is 461. The first-order chi connectivity index (χ1) is 6.33. The second-order valence-electron chi connectivity index (χ2n) is 2.78. The summed E-state index contributed by atoms with van der Waals surface area (Å²) in [6.07, 6.45) is 1.84. The van der Waals surface area contributed by atoms with Crippen molar-refractivity contribution in [3.05, 3.63) is 42.0 Å². The number of phenolic OH excluding ortho intramolecular Hbond substituents is 1. The van der Waals surface area contributed by atoms with Gasteiger partial charge in [0.15, 0.2) is 0 Å². The fourth-order valence-electron chi connectivity index (χ4n) is 1.37. The molecule has 1 radical (unpaired) electrons. The van der Waals surface area contributed by atoms with E-state index in [4.69, 9.17) is 0 Å². The summed E-state index contributed by atoms with van der Waals surface area (Å²) in [4.78, 5) is 10.5. The monoisotopic (exact) mass is 171 g/mol. The van der Waals surface area contributed by atoms with Gasteiger partial charge in [-0.3, -0.25) is 4.79 Å². The molecule has 0 aliphatic rings. The zero-order valence-corrected chi connectivity index (χ0v) is 6.82. The zero-order valence-electron chi connectivity index (χ0n) is 6.82. The number of carbonyl (C=O) groups excluding carboxylic acids is 1. The molecule has 2 aromatic carbocycles. The molecule has 0 heterocycles. The fourth-order valence-corrected chi connectivity index (χ4v) is 1.37. The normalized spacial score (nSPS) is 10.2. The molecule has 2 heteroatoms. The lowest BCUT2D eigenvalue weighted by atomic mass is 10.0. The van der Waals surface area contributed by atoms with Crippen molar-refractivity contribution in [2.24, 2.45) is 0 Å². The van der Waals surface area contributed by atoms with Crippen LogP contribution in [0.4, 0.5) is 0 Å². The number of fused-ring (bicyclic) bond motifs is 1. The first-order valence-corrected chi connectivity index (χ1v) is 3.92. The summed E-state index contributed by atoms with van der Waals surface area (Å²) in [6, 6.07) is 10.3. The van der Waals surface area contributed by atoms with Crippen LogP contribution in [0.3, 0.4) is 0 Å². The number of hydrogen-bond acceptors (Lipinski definition) is 2. The number of aromatic hydroxyl groups is 1. The molecule has 0 aliphatic carbocycles. The van der Waals surface area contributed by atoms with Crippen LogP contribution in [0.2, 0.25) is 0 Å². The first kappa shape index (κ1) is 7.80. The molecule has 0 amide bonds. The summed E-state index contributed by atoms with van der Waals surface area (Å²) >= 11 is 0. The Morgan fingerprint density at radius 1 is 1.00 bits per heavy atom. The molecule has 0 aromatic heterocycles. The minimum atomic E-state index is 0.189. The Morgan fingerprint density at radius 3 is 2.38 bits per heavy atom. The summed E-state index contributed by atoms with van der Waals surface area (Å²) in [5, 5.41) is 10.9. The maximum Gasteiger partial charge on any atom is 0.234 e. The summed E-state index contributed by atoms with van der Waals surface area (Å²) < 4.78 is 0. The molecule has 0 aliphatic heterocycles. The predicted molar refractivity (Wildman–Crippen MR) is 50.4 cm³/mol. The molecule has 0 saturated carbocycles. The van der Waals surface area contributed by atoms with Gasteiger partial charge in [0, 0.05) is 10.9 Å². The molecule has 0 unspecified atom stereocenters. The standard InChI is InChI=1S/C11H7O2/c12-7-8-5-6-11(13)10-4-2-1-3-9(8)10/h1-6,13H. The van der Waals surface area contributed by atoms with Crippen molar-refractivity contribution in [2.75, 3.05) is 0 Å². The highest BCUT2D eigenvalue weighted by Crippen LogP contribution is 2.26. The van der Waals surface area contributed by atoms with Crippen LogP contribution in [-0.4, -0.2) is 11.4 Å². The van der Waals surface area contributed by atoms with Crippen molar-refractivity contribution < 1.29 is 9.90 Å². The van der Waals surface area contributed by atoms with E-state index in [0.717, 1.165) is 5.39 Å². The summed E-state index contributed by atoms with van der Waals surface area (Å²) in [6.45, 7) is 0. The van der Waals surface area contributed by atoms with Crippen molar-refractivity contribution >= 4 is 17.1 Å². The average molecular weight is 171 g/mol. The van der Waals surface area contributed by atoms with Gasteiger partial charge in [0.05, 0.1) is 0 Å². The number of benzene rings is 2. The van der Waals surface area contributed by atoms with Crippen molar-refractivity contribution in [1.29, 1.82) is 0 Å². The largest absolute Gasteiger partial charge is 0.507 e. The van der Waals surface area contributed by atoms with Crippen molar-refractivity contribution in [2.45, 2.75) is 0 Å².